The van der Waals surface area contributed by atoms with E-state index in [4.69, 9.17) is 0 Å². The zero-order chi connectivity index (χ0) is 16.1. The van der Waals surface area contributed by atoms with Crippen molar-refractivity contribution in [1.82, 2.24) is 0 Å². The van der Waals surface area contributed by atoms with Crippen molar-refractivity contribution >= 4 is 0 Å². The lowest BCUT2D eigenvalue weighted by Crippen LogP contribution is -2.39. The van der Waals surface area contributed by atoms with Crippen molar-refractivity contribution in [3.63, 3.8) is 0 Å². The van der Waals surface area contributed by atoms with Crippen molar-refractivity contribution in [3.05, 3.63) is 47.5 Å². The number of aryl methyl sites for hydroxylation is 1. The molecule has 0 heteroatoms. The lowest BCUT2D eigenvalue weighted by atomic mass is 9.58. The first-order chi connectivity index (χ1) is 11.2. The molecular formula is C23H34. The molecule has 0 nitrogen and oxygen atoms in total. The molecule has 2 fully saturated rings. The molecule has 0 amide bonds. The quantitative estimate of drug-likeness (QED) is 0.527. The fourth-order valence-electron chi connectivity index (χ4n) is 5.19. The molecule has 126 valence electrons. The van der Waals surface area contributed by atoms with Crippen molar-refractivity contribution in [2.45, 2.75) is 83.5 Å². The van der Waals surface area contributed by atoms with Gasteiger partial charge in [-0.25, -0.2) is 0 Å². The lowest BCUT2D eigenvalue weighted by Gasteiger charge is -2.47. The van der Waals surface area contributed by atoms with Crippen molar-refractivity contribution in [2.24, 2.45) is 11.8 Å². The topological polar surface area (TPSA) is 0 Å². The summed E-state index contributed by atoms with van der Waals surface area (Å²) in [5.74, 6) is 1.77. The molecule has 0 bridgehead atoms. The van der Waals surface area contributed by atoms with Crippen LogP contribution in [0, 0.1) is 18.8 Å². The lowest BCUT2D eigenvalue weighted by molar-refractivity contribution is 0.136. The Morgan fingerprint density at radius 3 is 2.22 bits per heavy atom. The normalized spacial score (nSPS) is 28.1. The molecule has 3 rings (SSSR count). The van der Waals surface area contributed by atoms with Crippen LogP contribution in [0.5, 0.6) is 0 Å². The molecule has 1 aromatic rings. The average molecular weight is 311 g/mol. The summed E-state index contributed by atoms with van der Waals surface area (Å²) in [6.07, 6.45) is 18.9. The zero-order valence-corrected chi connectivity index (χ0v) is 15.2. The first-order valence-electron chi connectivity index (χ1n) is 9.98. The Bertz CT molecular complexity index is 493. The molecule has 1 aromatic carbocycles. The Morgan fingerprint density at radius 1 is 0.957 bits per heavy atom. The second kappa shape index (κ2) is 7.69. The van der Waals surface area contributed by atoms with Crippen LogP contribution in [0.25, 0.3) is 0 Å². The molecule has 0 heterocycles. The third kappa shape index (κ3) is 3.73. The van der Waals surface area contributed by atoms with Crippen LogP contribution in [0.3, 0.4) is 0 Å². The molecule has 23 heavy (non-hydrogen) atoms. The van der Waals surface area contributed by atoms with Crippen LogP contribution in [0.15, 0.2) is 36.4 Å². The molecule has 0 N–H and O–H groups in total. The first kappa shape index (κ1) is 16.8. The van der Waals surface area contributed by atoms with Crippen molar-refractivity contribution < 1.29 is 0 Å². The molecule has 0 saturated heterocycles. The zero-order valence-electron chi connectivity index (χ0n) is 15.2. The molecule has 0 spiro atoms. The minimum atomic E-state index is 0.491. The van der Waals surface area contributed by atoms with Crippen molar-refractivity contribution in [3.8, 4) is 0 Å². The van der Waals surface area contributed by atoms with E-state index in [1.807, 2.05) is 0 Å². The van der Waals surface area contributed by atoms with Gasteiger partial charge in [0, 0.05) is 0 Å². The van der Waals surface area contributed by atoms with Crippen LogP contribution in [0.4, 0.5) is 0 Å². The summed E-state index contributed by atoms with van der Waals surface area (Å²) in [7, 11) is 0. The molecular weight excluding hydrogens is 276 g/mol. The highest BCUT2D eigenvalue weighted by Gasteiger charge is 2.42. The van der Waals surface area contributed by atoms with Crippen molar-refractivity contribution in [1.29, 1.82) is 0 Å². The fraction of sp³-hybridized carbons (Fsp3) is 0.652. The smallest absolute Gasteiger partial charge is 0.00187 e. The van der Waals surface area contributed by atoms with Gasteiger partial charge in [0.2, 0.25) is 0 Å². The Hall–Kier alpha value is -1.04. The fourth-order valence-corrected chi connectivity index (χ4v) is 5.19. The maximum atomic E-state index is 2.50. The van der Waals surface area contributed by atoms with E-state index in [1.165, 1.54) is 69.8 Å². The minimum absolute atomic E-state index is 0.491. The number of allylic oxidation sites excluding steroid dienone is 2. The average Bonchev–Trinajstić information content (AvgIpc) is 2.61. The standard InChI is InChI=1S/C23H34/c1-3-4-8-20-11-15-22(16-12-20)23(17-6-5-7-18-23)21-13-9-19(2)10-14-21/h4,8-10,13-14,20,22H,3,5-7,11-12,15-18H2,1-2H3/b8-4+. The number of hydrogen-bond acceptors (Lipinski definition) is 0. The third-order valence-electron chi connectivity index (χ3n) is 6.57. The van der Waals surface area contributed by atoms with Crippen LogP contribution in [-0.4, -0.2) is 0 Å². The predicted octanol–water partition coefficient (Wildman–Crippen LogP) is 6.97. The largest absolute Gasteiger partial charge is 0.0885 e. The maximum Gasteiger partial charge on any atom is -0.00187 e. The molecule has 0 radical (unpaired) electrons. The minimum Gasteiger partial charge on any atom is -0.0885 e. The Kier molecular flexibility index (Phi) is 5.62. The van der Waals surface area contributed by atoms with Crippen LogP contribution in [0.2, 0.25) is 0 Å². The van der Waals surface area contributed by atoms with E-state index in [0.29, 0.717) is 5.41 Å². The summed E-state index contributed by atoms with van der Waals surface area (Å²) in [6, 6.07) is 9.57. The van der Waals surface area contributed by atoms with E-state index in [9.17, 15) is 0 Å². The number of hydrogen-bond donors (Lipinski definition) is 0. The summed E-state index contributed by atoms with van der Waals surface area (Å²) >= 11 is 0. The summed E-state index contributed by atoms with van der Waals surface area (Å²) < 4.78 is 0. The van der Waals surface area contributed by atoms with Crippen LogP contribution < -0.4 is 0 Å². The monoisotopic (exact) mass is 310 g/mol. The molecule has 2 saturated carbocycles. The highest BCUT2D eigenvalue weighted by molar-refractivity contribution is 5.30. The molecule has 2 aliphatic carbocycles. The van der Waals surface area contributed by atoms with Gasteiger partial charge in [-0.1, -0.05) is 68.2 Å². The molecule has 0 atom stereocenters. The molecule has 0 aliphatic heterocycles. The number of benzene rings is 1. The van der Waals surface area contributed by atoms with Gasteiger partial charge in [-0.2, -0.15) is 0 Å². The van der Waals surface area contributed by atoms with E-state index < -0.39 is 0 Å². The Balaban J connectivity index is 1.77. The summed E-state index contributed by atoms with van der Waals surface area (Å²) in [4.78, 5) is 0. The van der Waals surface area contributed by atoms with Gasteiger partial charge in [0.1, 0.15) is 0 Å². The molecule has 0 aromatic heterocycles. The third-order valence-corrected chi connectivity index (χ3v) is 6.57. The first-order valence-corrected chi connectivity index (χ1v) is 9.98. The summed E-state index contributed by atoms with van der Waals surface area (Å²) in [5.41, 5.74) is 3.54. The molecule has 0 unspecified atom stereocenters. The van der Waals surface area contributed by atoms with E-state index in [1.54, 1.807) is 5.56 Å². The van der Waals surface area contributed by atoms with Gasteiger partial charge in [0.05, 0.1) is 0 Å². The van der Waals surface area contributed by atoms with E-state index in [2.05, 4.69) is 50.3 Å². The van der Waals surface area contributed by atoms with Crippen LogP contribution in [-0.2, 0) is 5.41 Å². The summed E-state index contributed by atoms with van der Waals surface area (Å²) in [5, 5.41) is 0. The van der Waals surface area contributed by atoms with Gasteiger partial charge in [0.25, 0.3) is 0 Å². The second-order valence-electron chi connectivity index (χ2n) is 8.03. The van der Waals surface area contributed by atoms with Gasteiger partial charge in [-0.15, -0.1) is 0 Å². The number of rotatable bonds is 4. The van der Waals surface area contributed by atoms with Crippen LogP contribution in [0.1, 0.15) is 82.3 Å². The highest BCUT2D eigenvalue weighted by atomic mass is 14.5. The van der Waals surface area contributed by atoms with Gasteiger partial charge in [-0.3, -0.25) is 0 Å². The summed E-state index contributed by atoms with van der Waals surface area (Å²) in [6.45, 7) is 4.46. The van der Waals surface area contributed by atoms with Gasteiger partial charge < -0.3 is 0 Å². The van der Waals surface area contributed by atoms with E-state index in [-0.39, 0.29) is 0 Å². The Morgan fingerprint density at radius 2 is 1.61 bits per heavy atom. The predicted molar refractivity (Wildman–Crippen MR) is 101 cm³/mol. The highest BCUT2D eigenvalue weighted by Crippen LogP contribution is 2.50. The van der Waals surface area contributed by atoms with Gasteiger partial charge in [-0.05, 0) is 74.7 Å². The van der Waals surface area contributed by atoms with E-state index in [0.717, 1.165) is 11.8 Å². The Labute approximate surface area is 143 Å². The maximum absolute atomic E-state index is 2.50. The van der Waals surface area contributed by atoms with Gasteiger partial charge >= 0.3 is 0 Å². The van der Waals surface area contributed by atoms with Crippen molar-refractivity contribution in [2.75, 3.05) is 0 Å². The van der Waals surface area contributed by atoms with Gasteiger partial charge in [0.15, 0.2) is 0 Å². The SMILES string of the molecule is CC/C=C/C1CCC(C2(c3ccc(C)cc3)CCCCC2)CC1. The molecule has 2 aliphatic rings. The van der Waals surface area contributed by atoms with E-state index >= 15 is 0 Å². The van der Waals surface area contributed by atoms with Crippen LogP contribution >= 0.6 is 0 Å². The second-order valence-corrected chi connectivity index (χ2v) is 8.03.